The zero-order valence-corrected chi connectivity index (χ0v) is 18.4. The van der Waals surface area contributed by atoms with Crippen LogP contribution in [0.5, 0.6) is 0 Å². The first kappa shape index (κ1) is 21.7. The van der Waals surface area contributed by atoms with Crippen molar-refractivity contribution in [2.75, 3.05) is 13.1 Å². The van der Waals surface area contributed by atoms with Crippen LogP contribution in [0.15, 0.2) is 53.4 Å². The fourth-order valence-electron chi connectivity index (χ4n) is 3.94. The Morgan fingerprint density at radius 3 is 2.75 bits per heavy atom. The molecule has 0 saturated heterocycles. The van der Waals surface area contributed by atoms with Crippen molar-refractivity contribution in [2.45, 2.75) is 45.6 Å². The van der Waals surface area contributed by atoms with Gasteiger partial charge in [-0.05, 0) is 62.8 Å². The lowest BCUT2D eigenvalue weighted by atomic mass is 10.0. The van der Waals surface area contributed by atoms with Crippen LogP contribution in [-0.4, -0.2) is 57.5 Å². The van der Waals surface area contributed by atoms with Crippen molar-refractivity contribution < 1.29 is 14.4 Å². The number of nitrogens with zero attached hydrogens (tertiary/aromatic N) is 4. The molecule has 0 unspecified atom stereocenters. The van der Waals surface area contributed by atoms with E-state index in [-0.39, 0.29) is 30.3 Å². The Hall–Kier alpha value is -3.55. The van der Waals surface area contributed by atoms with E-state index in [0.29, 0.717) is 30.1 Å². The van der Waals surface area contributed by atoms with Crippen LogP contribution in [0.2, 0.25) is 0 Å². The molecular weight excluding hydrogens is 406 g/mol. The standard InChI is InChI=1S/C24H27N5O3/c1-4-20(26-13-16(3)19-10-7-15(2)12-25-19)27-21(30)14-28-11-5-6-18-22(28)24(32)29(23(18)31)17-8-9-17/h4,7,10,12-13,17H,1,5-6,8-9,11,14H2,2-3H3,(H,26,27,30)/b16-13+. The minimum atomic E-state index is -0.318. The predicted octanol–water partition coefficient (Wildman–Crippen LogP) is 2.33. The first-order chi connectivity index (χ1) is 15.4. The van der Waals surface area contributed by atoms with Crippen LogP contribution in [0.1, 0.15) is 43.9 Å². The molecule has 166 valence electrons. The number of allylic oxidation sites excluding steroid dienone is 1. The average Bonchev–Trinajstić information content (AvgIpc) is 3.57. The number of rotatable bonds is 6. The lowest BCUT2D eigenvalue weighted by Crippen LogP contribution is -2.43. The van der Waals surface area contributed by atoms with Crippen LogP contribution >= 0.6 is 0 Å². The Kier molecular flexibility index (Phi) is 6.03. The van der Waals surface area contributed by atoms with E-state index in [1.165, 1.54) is 11.0 Å². The molecule has 0 spiro atoms. The number of hydrogen-bond donors (Lipinski definition) is 1. The van der Waals surface area contributed by atoms with Gasteiger partial charge in [-0.15, -0.1) is 0 Å². The highest BCUT2D eigenvalue weighted by atomic mass is 16.2. The highest BCUT2D eigenvalue weighted by molar-refractivity contribution is 6.19. The van der Waals surface area contributed by atoms with E-state index >= 15 is 0 Å². The zero-order chi connectivity index (χ0) is 22.8. The van der Waals surface area contributed by atoms with Crippen LogP contribution < -0.4 is 5.32 Å². The molecule has 0 aromatic carbocycles. The number of pyridine rings is 1. The van der Waals surface area contributed by atoms with Crippen molar-refractivity contribution in [1.29, 1.82) is 0 Å². The Morgan fingerprint density at radius 2 is 2.09 bits per heavy atom. The van der Waals surface area contributed by atoms with Gasteiger partial charge in [-0.2, -0.15) is 0 Å². The van der Waals surface area contributed by atoms with E-state index < -0.39 is 0 Å². The van der Waals surface area contributed by atoms with E-state index in [2.05, 4.69) is 21.9 Å². The maximum absolute atomic E-state index is 12.9. The molecule has 8 nitrogen and oxygen atoms in total. The third-order valence-electron chi connectivity index (χ3n) is 5.78. The predicted molar refractivity (Wildman–Crippen MR) is 121 cm³/mol. The topological polar surface area (TPSA) is 95.0 Å². The third-order valence-corrected chi connectivity index (χ3v) is 5.78. The van der Waals surface area contributed by atoms with Gasteiger partial charge in [0.15, 0.2) is 0 Å². The number of aliphatic imine (C=N–C) groups is 1. The van der Waals surface area contributed by atoms with Gasteiger partial charge < -0.3 is 10.2 Å². The summed E-state index contributed by atoms with van der Waals surface area (Å²) in [5.74, 6) is -0.457. The molecule has 4 rings (SSSR count). The fraction of sp³-hybridized carbons (Fsp3) is 0.375. The molecule has 1 saturated carbocycles. The van der Waals surface area contributed by atoms with Crippen molar-refractivity contribution in [1.82, 2.24) is 20.1 Å². The molecule has 1 aromatic rings. The van der Waals surface area contributed by atoms with Crippen molar-refractivity contribution >= 4 is 29.1 Å². The summed E-state index contributed by atoms with van der Waals surface area (Å²) in [6.45, 7) is 8.11. The van der Waals surface area contributed by atoms with Crippen molar-refractivity contribution in [3.8, 4) is 0 Å². The number of carbonyl (C=O) groups is 3. The average molecular weight is 434 g/mol. The molecule has 2 aliphatic heterocycles. The van der Waals surface area contributed by atoms with Gasteiger partial charge >= 0.3 is 0 Å². The van der Waals surface area contributed by atoms with Gasteiger partial charge in [0, 0.05) is 30.6 Å². The Bertz CT molecular complexity index is 1060. The summed E-state index contributed by atoms with van der Waals surface area (Å²) in [4.78, 5) is 50.0. The van der Waals surface area contributed by atoms with Crippen molar-refractivity contribution in [2.24, 2.45) is 4.99 Å². The van der Waals surface area contributed by atoms with E-state index in [9.17, 15) is 14.4 Å². The first-order valence-electron chi connectivity index (χ1n) is 10.8. The monoisotopic (exact) mass is 433 g/mol. The second kappa shape index (κ2) is 8.90. The SMILES string of the molecule is C=CC(=N/C=C(\C)c1ccc(C)cn1)NC(=O)CN1CCCC2=C1C(=O)N(C1CC1)C2=O. The van der Waals surface area contributed by atoms with Crippen LogP contribution in [0.25, 0.3) is 5.57 Å². The Balaban J connectivity index is 1.43. The molecular formula is C24H27N5O3. The number of aryl methyl sites for hydroxylation is 1. The second-order valence-electron chi connectivity index (χ2n) is 8.36. The summed E-state index contributed by atoms with van der Waals surface area (Å²) in [5, 5.41) is 2.74. The van der Waals surface area contributed by atoms with E-state index in [1.54, 1.807) is 17.3 Å². The molecule has 1 aliphatic carbocycles. The number of imide groups is 1. The van der Waals surface area contributed by atoms with E-state index in [0.717, 1.165) is 36.1 Å². The Morgan fingerprint density at radius 1 is 1.31 bits per heavy atom. The number of aromatic nitrogens is 1. The maximum Gasteiger partial charge on any atom is 0.277 e. The second-order valence-corrected chi connectivity index (χ2v) is 8.36. The molecule has 0 atom stereocenters. The molecule has 1 N–H and O–H groups in total. The highest BCUT2D eigenvalue weighted by Crippen LogP contribution is 2.38. The zero-order valence-electron chi connectivity index (χ0n) is 18.4. The largest absolute Gasteiger partial charge is 0.357 e. The lowest BCUT2D eigenvalue weighted by Gasteiger charge is -2.28. The first-order valence-corrected chi connectivity index (χ1v) is 10.8. The molecule has 0 bridgehead atoms. The summed E-state index contributed by atoms with van der Waals surface area (Å²) >= 11 is 0. The Labute approximate surface area is 187 Å². The van der Waals surface area contributed by atoms with Crippen LogP contribution in [-0.2, 0) is 14.4 Å². The molecule has 8 heteroatoms. The molecule has 3 heterocycles. The smallest absolute Gasteiger partial charge is 0.277 e. The number of amides is 3. The highest BCUT2D eigenvalue weighted by Gasteiger charge is 2.48. The van der Waals surface area contributed by atoms with Gasteiger partial charge in [0.1, 0.15) is 11.5 Å². The summed E-state index contributed by atoms with van der Waals surface area (Å²) in [7, 11) is 0. The number of nitrogens with one attached hydrogen (secondary N) is 1. The molecule has 32 heavy (non-hydrogen) atoms. The van der Waals surface area contributed by atoms with Crippen LogP contribution in [0.4, 0.5) is 0 Å². The molecule has 1 aromatic heterocycles. The van der Waals surface area contributed by atoms with Gasteiger partial charge in [0.25, 0.3) is 11.8 Å². The van der Waals surface area contributed by atoms with Gasteiger partial charge in [-0.1, -0.05) is 12.6 Å². The fourth-order valence-corrected chi connectivity index (χ4v) is 3.94. The normalized spacial score (nSPS) is 19.4. The van der Waals surface area contributed by atoms with E-state index in [1.807, 2.05) is 26.0 Å². The van der Waals surface area contributed by atoms with E-state index in [4.69, 9.17) is 0 Å². The molecule has 0 radical (unpaired) electrons. The van der Waals surface area contributed by atoms with Crippen LogP contribution in [0.3, 0.4) is 0 Å². The quantitative estimate of drug-likeness (QED) is 0.422. The minimum Gasteiger partial charge on any atom is -0.357 e. The van der Waals surface area contributed by atoms with Crippen molar-refractivity contribution in [3.05, 3.63) is 59.7 Å². The summed E-state index contributed by atoms with van der Waals surface area (Å²) in [6.07, 6.45) is 7.92. The molecule has 3 aliphatic rings. The van der Waals surface area contributed by atoms with Gasteiger partial charge in [-0.3, -0.25) is 24.3 Å². The maximum atomic E-state index is 12.9. The van der Waals surface area contributed by atoms with Gasteiger partial charge in [0.05, 0.1) is 12.2 Å². The van der Waals surface area contributed by atoms with Gasteiger partial charge in [-0.25, -0.2) is 4.99 Å². The molecule has 3 amide bonds. The van der Waals surface area contributed by atoms with Crippen molar-refractivity contribution in [3.63, 3.8) is 0 Å². The number of carbonyl (C=O) groups excluding carboxylic acids is 3. The summed E-state index contributed by atoms with van der Waals surface area (Å²) in [6, 6.07) is 3.91. The summed E-state index contributed by atoms with van der Waals surface area (Å²) in [5.41, 5.74) is 3.65. The lowest BCUT2D eigenvalue weighted by molar-refractivity contribution is -0.138. The summed E-state index contributed by atoms with van der Waals surface area (Å²) < 4.78 is 0. The minimum absolute atomic E-state index is 0.0221. The third kappa shape index (κ3) is 4.39. The van der Waals surface area contributed by atoms with Gasteiger partial charge in [0.2, 0.25) is 5.91 Å². The molecule has 1 fully saturated rings. The number of hydrogen-bond acceptors (Lipinski definition) is 6. The number of amidine groups is 1. The van der Waals surface area contributed by atoms with Crippen LogP contribution in [0, 0.1) is 6.92 Å².